The van der Waals surface area contributed by atoms with Crippen LogP contribution in [0.15, 0.2) is 58.4 Å². The van der Waals surface area contributed by atoms with Gasteiger partial charge in [-0.25, -0.2) is 13.4 Å². The lowest BCUT2D eigenvalue weighted by Crippen LogP contribution is -2.28. The molecule has 132 valence electrons. The van der Waals surface area contributed by atoms with E-state index in [4.69, 9.17) is 0 Å². The third-order valence-electron chi connectivity index (χ3n) is 3.82. The average molecular weight is 386 g/mol. The second kappa shape index (κ2) is 6.50. The Morgan fingerprint density at radius 1 is 1.15 bits per heavy atom. The molecule has 0 unspecified atom stereocenters. The van der Waals surface area contributed by atoms with Gasteiger partial charge in [-0.15, -0.1) is 11.3 Å². The monoisotopic (exact) mass is 386 g/mol. The molecule has 0 saturated heterocycles. The third kappa shape index (κ3) is 3.18. The number of thiazole rings is 1. The van der Waals surface area contributed by atoms with Gasteiger partial charge in [-0.1, -0.05) is 24.3 Å². The van der Waals surface area contributed by atoms with Crippen LogP contribution in [0.25, 0.3) is 10.2 Å². The minimum absolute atomic E-state index is 0.170. The molecule has 4 rings (SSSR count). The van der Waals surface area contributed by atoms with Crippen molar-refractivity contribution in [3.63, 3.8) is 0 Å². The van der Waals surface area contributed by atoms with Gasteiger partial charge in [0, 0.05) is 5.56 Å². The number of hydrogen-bond acceptors (Lipinski definition) is 6. The van der Waals surface area contributed by atoms with Crippen molar-refractivity contribution in [2.24, 2.45) is 4.99 Å². The second-order valence-electron chi connectivity index (χ2n) is 5.62. The number of fused-ring (bicyclic) bond motifs is 2. The maximum Gasteiger partial charge on any atom is 0.263 e. The fraction of sp³-hybridized carbons (Fsp3) is 0.118. The van der Waals surface area contributed by atoms with Crippen molar-refractivity contribution in [1.82, 2.24) is 15.0 Å². The Morgan fingerprint density at radius 3 is 2.77 bits per heavy atom. The molecule has 1 aromatic heterocycles. The van der Waals surface area contributed by atoms with E-state index in [1.165, 1.54) is 17.4 Å². The summed E-state index contributed by atoms with van der Waals surface area (Å²) in [4.78, 5) is 20.8. The van der Waals surface area contributed by atoms with Crippen LogP contribution in [-0.4, -0.2) is 31.7 Å². The Balaban J connectivity index is 1.42. The van der Waals surface area contributed by atoms with E-state index in [1.807, 2.05) is 24.3 Å². The van der Waals surface area contributed by atoms with Crippen LogP contribution in [0.1, 0.15) is 10.6 Å². The summed E-state index contributed by atoms with van der Waals surface area (Å²) in [6, 6.07) is 14.3. The number of aromatic nitrogens is 1. The number of nitrogens with one attached hydrogen (secondary N) is 2. The molecule has 1 amide bonds. The first kappa shape index (κ1) is 16.7. The Labute approximate surface area is 153 Å². The predicted molar refractivity (Wildman–Crippen MR) is 99.6 cm³/mol. The van der Waals surface area contributed by atoms with E-state index in [2.05, 4.69) is 20.0 Å². The van der Waals surface area contributed by atoms with Gasteiger partial charge in [0.05, 0.1) is 21.7 Å². The van der Waals surface area contributed by atoms with Gasteiger partial charge in [-0.3, -0.25) is 14.5 Å². The smallest absolute Gasteiger partial charge is 0.263 e. The van der Waals surface area contributed by atoms with Crippen LogP contribution in [0.2, 0.25) is 0 Å². The molecule has 2 N–H and O–H groups in total. The average Bonchev–Trinajstić information content (AvgIpc) is 3.17. The number of sulfonamides is 1. The lowest BCUT2D eigenvalue weighted by atomic mass is 10.2. The number of aliphatic imine (C=N–C) groups is 1. The normalized spacial score (nSPS) is 16.4. The van der Waals surface area contributed by atoms with Crippen LogP contribution in [0, 0.1) is 0 Å². The number of hydrogen-bond donors (Lipinski definition) is 2. The molecule has 3 aromatic rings. The minimum Gasteiger partial charge on any atom is -0.348 e. The van der Waals surface area contributed by atoms with Crippen molar-refractivity contribution in [2.45, 2.75) is 11.4 Å². The van der Waals surface area contributed by atoms with Gasteiger partial charge in [0.25, 0.3) is 10.0 Å². The zero-order valence-electron chi connectivity index (χ0n) is 13.5. The van der Waals surface area contributed by atoms with Crippen LogP contribution < -0.4 is 10.0 Å². The molecule has 1 aliphatic heterocycles. The Hall–Kier alpha value is -2.78. The fourth-order valence-electron chi connectivity index (χ4n) is 2.63. The quantitative estimate of drug-likeness (QED) is 0.712. The summed E-state index contributed by atoms with van der Waals surface area (Å²) in [5.74, 6) is -0.115. The molecule has 2 heterocycles. The molecule has 0 aliphatic carbocycles. The van der Waals surface area contributed by atoms with Gasteiger partial charge in [-0.05, 0) is 24.3 Å². The van der Waals surface area contributed by atoms with E-state index in [0.29, 0.717) is 12.1 Å². The molecule has 26 heavy (non-hydrogen) atoms. The highest BCUT2D eigenvalue weighted by Gasteiger charge is 2.30. The number of amidine groups is 1. The first-order chi connectivity index (χ1) is 12.5. The minimum atomic E-state index is -3.59. The number of carbonyl (C=O) groups excluding carboxylic acids is 1. The molecular formula is C17H14N4O3S2. The molecule has 2 aromatic carbocycles. The maximum atomic E-state index is 12.0. The SMILES string of the molecule is O=C(CN=C1NS(=O)(=O)c2ccccc21)NCc1nc2ccccc2s1. The second-order valence-corrected chi connectivity index (χ2v) is 8.38. The lowest BCUT2D eigenvalue weighted by molar-refractivity contribution is -0.119. The lowest BCUT2D eigenvalue weighted by Gasteiger charge is -2.01. The van der Waals surface area contributed by atoms with Gasteiger partial charge >= 0.3 is 0 Å². The van der Waals surface area contributed by atoms with Gasteiger partial charge < -0.3 is 5.32 Å². The summed E-state index contributed by atoms with van der Waals surface area (Å²) in [7, 11) is -3.59. The zero-order valence-corrected chi connectivity index (χ0v) is 15.1. The van der Waals surface area contributed by atoms with Gasteiger partial charge in [-0.2, -0.15) is 0 Å². The third-order valence-corrected chi connectivity index (χ3v) is 6.25. The van der Waals surface area contributed by atoms with Crippen LogP contribution in [0.3, 0.4) is 0 Å². The zero-order chi connectivity index (χ0) is 18.1. The van der Waals surface area contributed by atoms with Gasteiger partial charge in [0.15, 0.2) is 0 Å². The highest BCUT2D eigenvalue weighted by Crippen LogP contribution is 2.22. The maximum absolute atomic E-state index is 12.0. The highest BCUT2D eigenvalue weighted by atomic mass is 32.2. The van der Waals surface area contributed by atoms with Crippen molar-refractivity contribution in [2.75, 3.05) is 6.54 Å². The summed E-state index contributed by atoms with van der Waals surface area (Å²) in [5.41, 5.74) is 1.38. The fourth-order valence-corrected chi connectivity index (χ4v) is 4.79. The summed E-state index contributed by atoms with van der Waals surface area (Å²) in [6.07, 6.45) is 0. The first-order valence-corrected chi connectivity index (χ1v) is 10.1. The molecule has 0 atom stereocenters. The van der Waals surface area contributed by atoms with Crippen LogP contribution >= 0.6 is 11.3 Å². The molecule has 9 heteroatoms. The molecule has 0 bridgehead atoms. The van der Waals surface area contributed by atoms with Crippen molar-refractivity contribution < 1.29 is 13.2 Å². The standard InChI is InChI=1S/C17H14N4O3S2/c22-15(18-10-16-20-12-6-2-3-7-13(12)25-16)9-19-17-11-5-1-4-8-14(11)26(23,24)21-17/h1-8H,9-10H2,(H,18,22)(H,19,21). The number of nitrogens with zero attached hydrogens (tertiary/aromatic N) is 2. The summed E-state index contributed by atoms with van der Waals surface area (Å²) < 4.78 is 27.4. The number of carbonyl (C=O) groups is 1. The number of amides is 1. The van der Waals surface area contributed by atoms with Crippen LogP contribution in [0.4, 0.5) is 0 Å². The summed E-state index contributed by atoms with van der Waals surface area (Å²) >= 11 is 1.52. The van der Waals surface area contributed by atoms with Gasteiger partial charge in [0.1, 0.15) is 17.4 Å². The Morgan fingerprint density at radius 2 is 1.92 bits per heavy atom. The largest absolute Gasteiger partial charge is 0.348 e. The number of para-hydroxylation sites is 1. The Bertz CT molecular complexity index is 1100. The van der Waals surface area contributed by atoms with Crippen molar-refractivity contribution in [3.8, 4) is 0 Å². The van der Waals surface area contributed by atoms with Gasteiger partial charge in [0.2, 0.25) is 5.91 Å². The van der Waals surface area contributed by atoms with E-state index in [1.54, 1.807) is 18.2 Å². The molecule has 1 aliphatic rings. The molecular weight excluding hydrogens is 372 g/mol. The predicted octanol–water partition coefficient (Wildman–Crippen LogP) is 1.65. The van der Waals surface area contributed by atoms with E-state index in [0.717, 1.165) is 15.2 Å². The Kier molecular flexibility index (Phi) is 4.17. The molecule has 0 saturated carbocycles. The molecule has 7 nitrogen and oxygen atoms in total. The van der Waals surface area contributed by atoms with E-state index < -0.39 is 10.0 Å². The van der Waals surface area contributed by atoms with Crippen molar-refractivity contribution in [1.29, 1.82) is 0 Å². The van der Waals surface area contributed by atoms with E-state index in [9.17, 15) is 13.2 Å². The number of rotatable bonds is 4. The first-order valence-electron chi connectivity index (χ1n) is 7.81. The summed E-state index contributed by atoms with van der Waals surface area (Å²) in [6.45, 7) is 0.141. The highest BCUT2D eigenvalue weighted by molar-refractivity contribution is 7.90. The topological polar surface area (TPSA) is 101 Å². The molecule has 0 radical (unpaired) electrons. The van der Waals surface area contributed by atoms with Crippen molar-refractivity contribution >= 4 is 43.3 Å². The van der Waals surface area contributed by atoms with Crippen LogP contribution in [0.5, 0.6) is 0 Å². The summed E-state index contributed by atoms with van der Waals surface area (Å²) in [5, 5.41) is 3.56. The number of benzene rings is 2. The molecule has 0 fully saturated rings. The van der Waals surface area contributed by atoms with Crippen molar-refractivity contribution in [3.05, 3.63) is 59.1 Å². The van der Waals surface area contributed by atoms with Crippen LogP contribution in [-0.2, 0) is 21.4 Å². The van der Waals surface area contributed by atoms with E-state index in [-0.39, 0.29) is 23.2 Å². The van der Waals surface area contributed by atoms with E-state index >= 15 is 0 Å². The molecule has 0 spiro atoms.